The van der Waals surface area contributed by atoms with Crippen molar-refractivity contribution in [3.63, 3.8) is 0 Å². The topological polar surface area (TPSA) is 3.24 Å². The lowest BCUT2D eigenvalue weighted by molar-refractivity contribution is 0.576. The van der Waals surface area contributed by atoms with Crippen molar-refractivity contribution in [2.75, 3.05) is 0 Å². The van der Waals surface area contributed by atoms with Crippen LogP contribution in [-0.2, 0) is 0 Å². The Hall–Kier alpha value is -0.980. The number of unbranched alkanes of at least 4 members (excludes halogenated alkanes) is 8. The van der Waals surface area contributed by atoms with Crippen LogP contribution in [0.25, 0.3) is 0 Å². The summed E-state index contributed by atoms with van der Waals surface area (Å²) in [4.78, 5) is 2.16. The Morgan fingerprint density at radius 3 is 1.57 bits per heavy atom. The maximum Gasteiger partial charge on any atom is 0.00417 e. The average Bonchev–Trinajstić information content (AvgIpc) is 2.51. The summed E-state index contributed by atoms with van der Waals surface area (Å²) in [6.45, 7) is 6.62. The van der Waals surface area contributed by atoms with Crippen molar-refractivity contribution in [1.29, 1.82) is 0 Å². The van der Waals surface area contributed by atoms with Gasteiger partial charge in [-0.15, -0.1) is 0 Å². The maximum atomic E-state index is 2.30. The quantitative estimate of drug-likeness (QED) is 0.306. The Kier molecular flexibility index (Phi) is 16.3. The van der Waals surface area contributed by atoms with Gasteiger partial charge in [0.25, 0.3) is 0 Å². The molecular formula is C20H37N. The van der Waals surface area contributed by atoms with Crippen LogP contribution < -0.4 is 0 Å². The van der Waals surface area contributed by atoms with E-state index in [9.17, 15) is 0 Å². The van der Waals surface area contributed by atoms with Crippen LogP contribution >= 0.6 is 0 Å². The van der Waals surface area contributed by atoms with Gasteiger partial charge >= 0.3 is 0 Å². The molecule has 122 valence electrons. The van der Waals surface area contributed by atoms with Gasteiger partial charge in [-0.2, -0.15) is 0 Å². The number of hydrogen-bond acceptors (Lipinski definition) is 1. The van der Waals surface area contributed by atoms with Crippen LogP contribution in [0.2, 0.25) is 0 Å². The summed E-state index contributed by atoms with van der Waals surface area (Å²) in [5, 5.41) is 0. The van der Waals surface area contributed by atoms with E-state index in [2.05, 4.69) is 62.5 Å². The van der Waals surface area contributed by atoms with E-state index in [1.54, 1.807) is 0 Å². The fraction of sp³-hybridized carbons (Fsp3) is 0.700. The van der Waals surface area contributed by atoms with E-state index in [4.69, 9.17) is 0 Å². The smallest absolute Gasteiger partial charge is 0.00417 e. The molecule has 0 saturated heterocycles. The van der Waals surface area contributed by atoms with E-state index < -0.39 is 0 Å². The minimum Gasteiger partial charge on any atom is -0.332 e. The molecule has 0 aliphatic rings. The second-order valence-corrected chi connectivity index (χ2v) is 5.68. The van der Waals surface area contributed by atoms with Crippen LogP contribution in [0.3, 0.4) is 0 Å². The van der Waals surface area contributed by atoms with E-state index >= 15 is 0 Å². The van der Waals surface area contributed by atoms with Gasteiger partial charge in [0.05, 0.1) is 0 Å². The number of hydrogen-bond donors (Lipinski definition) is 0. The molecule has 0 aromatic rings. The lowest BCUT2D eigenvalue weighted by Crippen LogP contribution is -1.98. The minimum atomic E-state index is 1.09. The molecule has 0 radical (unpaired) electrons. The van der Waals surface area contributed by atoms with Crippen molar-refractivity contribution in [3.8, 4) is 0 Å². The molecule has 0 fully saturated rings. The van der Waals surface area contributed by atoms with Gasteiger partial charge in [-0.05, 0) is 25.7 Å². The first kappa shape index (κ1) is 20.0. The first-order chi connectivity index (χ1) is 10.3. The van der Waals surface area contributed by atoms with Crippen molar-refractivity contribution in [2.24, 2.45) is 0 Å². The molecular weight excluding hydrogens is 254 g/mol. The number of allylic oxidation sites excluding steroid dienone is 3. The van der Waals surface area contributed by atoms with Crippen LogP contribution in [0.15, 0.2) is 36.8 Å². The molecule has 0 rings (SSSR count). The molecule has 21 heavy (non-hydrogen) atoms. The monoisotopic (exact) mass is 291 g/mol. The van der Waals surface area contributed by atoms with Crippen molar-refractivity contribution < 1.29 is 0 Å². The third-order valence-corrected chi connectivity index (χ3v) is 3.53. The van der Waals surface area contributed by atoms with Crippen LogP contribution in [0.1, 0.15) is 91.4 Å². The molecule has 0 aliphatic carbocycles. The van der Waals surface area contributed by atoms with E-state index in [0.717, 1.165) is 12.8 Å². The zero-order valence-corrected chi connectivity index (χ0v) is 14.7. The Morgan fingerprint density at radius 2 is 1.05 bits per heavy atom. The second kappa shape index (κ2) is 17.1. The number of nitrogens with zero attached hydrogens (tertiary/aromatic N) is 1. The van der Waals surface area contributed by atoms with Crippen molar-refractivity contribution in [3.05, 3.63) is 36.8 Å². The molecule has 0 spiro atoms. The van der Waals surface area contributed by atoms with Crippen molar-refractivity contribution >= 4 is 0 Å². The van der Waals surface area contributed by atoms with Gasteiger partial charge in [-0.25, -0.2) is 0 Å². The Morgan fingerprint density at radius 1 is 0.571 bits per heavy atom. The fourth-order valence-corrected chi connectivity index (χ4v) is 2.20. The van der Waals surface area contributed by atoms with Gasteiger partial charge in [0, 0.05) is 18.6 Å². The summed E-state index contributed by atoms with van der Waals surface area (Å²) >= 11 is 0. The molecule has 0 atom stereocenters. The molecule has 0 bridgehead atoms. The van der Waals surface area contributed by atoms with Gasteiger partial charge in [-0.1, -0.05) is 83.9 Å². The highest BCUT2D eigenvalue weighted by Gasteiger charge is 1.91. The molecule has 1 nitrogen and oxygen atoms in total. The SMILES string of the molecule is CCC=CN(C=CCC)C=CCCCCCCCCCC. The van der Waals surface area contributed by atoms with Crippen molar-refractivity contribution in [1.82, 2.24) is 4.90 Å². The molecule has 0 unspecified atom stereocenters. The summed E-state index contributed by atoms with van der Waals surface area (Å²) in [7, 11) is 0. The minimum absolute atomic E-state index is 1.09. The van der Waals surface area contributed by atoms with Gasteiger partial charge in [0.2, 0.25) is 0 Å². The van der Waals surface area contributed by atoms with E-state index in [-0.39, 0.29) is 0 Å². The third-order valence-electron chi connectivity index (χ3n) is 3.53. The maximum absolute atomic E-state index is 2.30. The molecule has 0 heterocycles. The highest BCUT2D eigenvalue weighted by molar-refractivity contribution is 4.99. The van der Waals surface area contributed by atoms with Gasteiger partial charge in [-0.3, -0.25) is 0 Å². The van der Waals surface area contributed by atoms with Gasteiger partial charge < -0.3 is 4.90 Å². The first-order valence-electron chi connectivity index (χ1n) is 9.12. The van der Waals surface area contributed by atoms with E-state index in [1.165, 1.54) is 57.8 Å². The fourth-order valence-electron chi connectivity index (χ4n) is 2.20. The summed E-state index contributed by atoms with van der Waals surface area (Å²) in [6, 6.07) is 0. The van der Waals surface area contributed by atoms with Crippen LogP contribution in [0.5, 0.6) is 0 Å². The van der Waals surface area contributed by atoms with Gasteiger partial charge in [0.1, 0.15) is 0 Å². The highest BCUT2D eigenvalue weighted by atomic mass is 15.1. The van der Waals surface area contributed by atoms with Crippen LogP contribution in [0, 0.1) is 0 Å². The zero-order chi connectivity index (χ0) is 15.6. The Labute approximate surface area is 133 Å². The summed E-state index contributed by atoms with van der Waals surface area (Å²) < 4.78 is 0. The summed E-state index contributed by atoms with van der Waals surface area (Å²) in [5.41, 5.74) is 0. The largest absolute Gasteiger partial charge is 0.332 e. The highest BCUT2D eigenvalue weighted by Crippen LogP contribution is 2.10. The average molecular weight is 292 g/mol. The lowest BCUT2D eigenvalue weighted by Gasteiger charge is -2.09. The molecule has 0 aromatic heterocycles. The van der Waals surface area contributed by atoms with Crippen LogP contribution in [0.4, 0.5) is 0 Å². The second-order valence-electron chi connectivity index (χ2n) is 5.68. The molecule has 1 heteroatoms. The standard InChI is InChI=1S/C20H37N/c1-4-7-10-11-12-13-14-15-16-17-20-21(18-8-5-2)19-9-6-3/h8-9,17-20H,4-7,10-16H2,1-3H3. The number of rotatable bonds is 14. The summed E-state index contributed by atoms with van der Waals surface area (Å²) in [6.07, 6.45) is 27.7. The summed E-state index contributed by atoms with van der Waals surface area (Å²) in [5.74, 6) is 0. The lowest BCUT2D eigenvalue weighted by atomic mass is 10.1. The van der Waals surface area contributed by atoms with E-state index in [1.807, 2.05) is 0 Å². The van der Waals surface area contributed by atoms with E-state index in [0.29, 0.717) is 0 Å². The molecule has 0 amide bonds. The van der Waals surface area contributed by atoms with Crippen molar-refractivity contribution in [2.45, 2.75) is 91.4 Å². The normalized spacial score (nSPS) is 12.1. The Balaban J connectivity index is 3.66. The predicted octanol–water partition coefficient (Wildman–Crippen LogP) is 7.18. The molecule has 0 saturated carbocycles. The Bertz CT molecular complexity index is 262. The van der Waals surface area contributed by atoms with Gasteiger partial charge in [0.15, 0.2) is 0 Å². The molecule has 0 aliphatic heterocycles. The molecule has 0 aromatic carbocycles. The zero-order valence-electron chi connectivity index (χ0n) is 14.7. The third kappa shape index (κ3) is 15.2. The molecule has 0 N–H and O–H groups in total. The first-order valence-corrected chi connectivity index (χ1v) is 9.12. The van der Waals surface area contributed by atoms with Crippen LogP contribution in [-0.4, -0.2) is 4.90 Å². The predicted molar refractivity (Wildman–Crippen MR) is 97.1 cm³/mol.